The summed E-state index contributed by atoms with van der Waals surface area (Å²) in [6.07, 6.45) is 0. The normalized spacial score (nSPS) is 14.0. The molecule has 2 aliphatic heterocycles. The fraction of sp³-hybridized carbons (Fsp3) is 0.231. The number of nitrogens with zero attached hydrogens (tertiary/aromatic N) is 2. The summed E-state index contributed by atoms with van der Waals surface area (Å²) in [7, 11) is 0. The van der Waals surface area contributed by atoms with Crippen molar-refractivity contribution in [3.8, 4) is 11.5 Å². The molecule has 2 heterocycles. The van der Waals surface area contributed by atoms with Crippen LogP contribution in [0.2, 0.25) is 0 Å². The van der Waals surface area contributed by atoms with E-state index in [0.29, 0.717) is 13.2 Å². The lowest BCUT2D eigenvalue weighted by molar-refractivity contribution is 0.285. The summed E-state index contributed by atoms with van der Waals surface area (Å²) in [5.74, 6) is 3.52. The molecule has 8 heteroatoms. The first-order valence-electron chi connectivity index (χ1n) is 10.9. The summed E-state index contributed by atoms with van der Waals surface area (Å²) in [4.78, 5) is 8.97. The van der Waals surface area contributed by atoms with Crippen molar-refractivity contribution in [2.45, 2.75) is 13.2 Å². The Balaban J connectivity index is 0.00000162. The average Bonchev–Trinajstić information content (AvgIpc) is 3.57. The van der Waals surface area contributed by atoms with Gasteiger partial charge in [0.15, 0.2) is 0 Å². The molecule has 178 valence electrons. The molecule has 6 nitrogen and oxygen atoms in total. The maximum absolute atomic E-state index is 6.11. The third-order valence-corrected chi connectivity index (χ3v) is 5.47. The van der Waals surface area contributed by atoms with Crippen LogP contribution in [0.1, 0.15) is 22.3 Å². The molecule has 0 fully saturated rings. The van der Waals surface area contributed by atoms with Crippen molar-refractivity contribution >= 4 is 36.5 Å². The van der Waals surface area contributed by atoms with Crippen LogP contribution >= 0.6 is 24.8 Å². The molecule has 0 amide bonds. The highest BCUT2D eigenvalue weighted by atomic mass is 35.5. The Bertz CT molecular complexity index is 1080. The second-order valence-electron chi connectivity index (χ2n) is 7.72. The smallest absolute Gasteiger partial charge is 0.128 e. The van der Waals surface area contributed by atoms with E-state index in [9.17, 15) is 0 Å². The first-order valence-corrected chi connectivity index (χ1v) is 10.9. The van der Waals surface area contributed by atoms with Crippen molar-refractivity contribution in [3.63, 3.8) is 0 Å². The highest BCUT2D eigenvalue weighted by Crippen LogP contribution is 2.20. The lowest BCUT2D eigenvalue weighted by Crippen LogP contribution is -2.19. The predicted molar refractivity (Wildman–Crippen MR) is 141 cm³/mol. The summed E-state index contributed by atoms with van der Waals surface area (Å²) in [5, 5.41) is 6.61. The van der Waals surface area contributed by atoms with Crippen molar-refractivity contribution < 1.29 is 9.47 Å². The van der Waals surface area contributed by atoms with Crippen LogP contribution in [-0.4, -0.2) is 37.9 Å². The van der Waals surface area contributed by atoms with Crippen LogP contribution in [0.3, 0.4) is 0 Å². The van der Waals surface area contributed by atoms with E-state index in [1.165, 1.54) is 0 Å². The minimum absolute atomic E-state index is 0. The van der Waals surface area contributed by atoms with Gasteiger partial charge in [-0.05, 0) is 35.4 Å². The van der Waals surface area contributed by atoms with E-state index in [1.807, 2.05) is 60.7 Å². The Morgan fingerprint density at radius 2 is 1.09 bits per heavy atom. The Morgan fingerprint density at radius 1 is 0.618 bits per heavy atom. The maximum Gasteiger partial charge on any atom is 0.128 e. The quantitative estimate of drug-likeness (QED) is 0.483. The monoisotopic (exact) mass is 498 g/mol. The van der Waals surface area contributed by atoms with E-state index >= 15 is 0 Å². The lowest BCUT2D eigenvalue weighted by Gasteiger charge is -2.13. The fourth-order valence-electron chi connectivity index (χ4n) is 3.81. The molecule has 0 aromatic heterocycles. The van der Waals surface area contributed by atoms with Gasteiger partial charge in [0, 0.05) is 24.2 Å². The number of rotatable bonds is 8. The topological polar surface area (TPSA) is 67.2 Å². The van der Waals surface area contributed by atoms with Gasteiger partial charge in [0.25, 0.3) is 0 Å². The van der Waals surface area contributed by atoms with E-state index in [1.54, 1.807) is 0 Å². The highest BCUT2D eigenvalue weighted by Gasteiger charge is 2.11. The van der Waals surface area contributed by atoms with E-state index < -0.39 is 0 Å². The molecule has 0 saturated carbocycles. The molecule has 0 radical (unpaired) electrons. The van der Waals surface area contributed by atoms with Gasteiger partial charge in [-0.1, -0.05) is 48.5 Å². The SMILES string of the molecule is Cl.Cl.c1cc(OCc2ccccc2COc2cccc(C3=NCCN3)c2)cc(C2=NCCN2)c1. The second-order valence-corrected chi connectivity index (χ2v) is 7.72. The van der Waals surface area contributed by atoms with Gasteiger partial charge in [0.1, 0.15) is 36.4 Å². The molecule has 2 N–H and O–H groups in total. The van der Waals surface area contributed by atoms with Gasteiger partial charge >= 0.3 is 0 Å². The number of hydrogen-bond donors (Lipinski definition) is 2. The minimum atomic E-state index is 0. The first kappa shape index (κ1) is 25.4. The first-order chi connectivity index (χ1) is 15.8. The van der Waals surface area contributed by atoms with Crippen molar-refractivity contribution in [3.05, 3.63) is 95.1 Å². The zero-order valence-electron chi connectivity index (χ0n) is 18.7. The molecular formula is C26H28Cl2N4O2. The fourth-order valence-corrected chi connectivity index (χ4v) is 3.81. The molecular weight excluding hydrogens is 471 g/mol. The molecule has 3 aromatic rings. The van der Waals surface area contributed by atoms with Crippen molar-refractivity contribution in [2.75, 3.05) is 26.2 Å². The number of amidine groups is 2. The maximum atomic E-state index is 6.11. The molecule has 34 heavy (non-hydrogen) atoms. The van der Waals surface area contributed by atoms with Gasteiger partial charge < -0.3 is 20.1 Å². The van der Waals surface area contributed by atoms with Gasteiger partial charge in [-0.3, -0.25) is 9.98 Å². The van der Waals surface area contributed by atoms with Crippen LogP contribution in [0, 0.1) is 0 Å². The molecule has 0 atom stereocenters. The zero-order chi connectivity index (χ0) is 21.6. The van der Waals surface area contributed by atoms with Gasteiger partial charge in [0.05, 0.1) is 13.1 Å². The summed E-state index contributed by atoms with van der Waals surface area (Å²) in [5.41, 5.74) is 4.31. The highest BCUT2D eigenvalue weighted by molar-refractivity contribution is 6.00. The summed E-state index contributed by atoms with van der Waals surface area (Å²) in [6.45, 7) is 4.37. The van der Waals surface area contributed by atoms with Gasteiger partial charge in [-0.15, -0.1) is 24.8 Å². The van der Waals surface area contributed by atoms with E-state index in [-0.39, 0.29) is 24.8 Å². The number of ether oxygens (including phenoxy) is 2. The lowest BCUT2D eigenvalue weighted by atomic mass is 10.1. The Hall–Kier alpha value is -3.22. The molecule has 0 aliphatic carbocycles. The van der Waals surface area contributed by atoms with E-state index in [0.717, 1.165) is 71.6 Å². The molecule has 5 rings (SSSR count). The molecule has 0 spiro atoms. The molecule has 0 saturated heterocycles. The van der Waals surface area contributed by atoms with Crippen LogP contribution in [0.25, 0.3) is 0 Å². The molecule has 3 aromatic carbocycles. The summed E-state index contributed by atoms with van der Waals surface area (Å²) >= 11 is 0. The van der Waals surface area contributed by atoms with E-state index in [4.69, 9.17) is 9.47 Å². The number of halogens is 2. The Labute approximate surface area is 212 Å². The number of nitrogens with one attached hydrogen (secondary N) is 2. The largest absolute Gasteiger partial charge is 0.489 e. The van der Waals surface area contributed by atoms with Crippen LogP contribution in [0.4, 0.5) is 0 Å². The van der Waals surface area contributed by atoms with Crippen molar-refractivity contribution in [1.29, 1.82) is 0 Å². The number of hydrogen-bond acceptors (Lipinski definition) is 6. The third-order valence-electron chi connectivity index (χ3n) is 5.47. The summed E-state index contributed by atoms with van der Waals surface area (Å²) < 4.78 is 12.2. The van der Waals surface area contributed by atoms with Gasteiger partial charge in [-0.25, -0.2) is 0 Å². The van der Waals surface area contributed by atoms with E-state index in [2.05, 4.69) is 32.8 Å². The van der Waals surface area contributed by atoms with Crippen LogP contribution < -0.4 is 20.1 Å². The minimum Gasteiger partial charge on any atom is -0.489 e. The molecule has 0 bridgehead atoms. The van der Waals surface area contributed by atoms with Crippen LogP contribution in [0.5, 0.6) is 11.5 Å². The average molecular weight is 499 g/mol. The molecule has 0 unspecified atom stereocenters. The predicted octanol–water partition coefficient (Wildman–Crippen LogP) is 4.39. The third kappa shape index (κ3) is 6.22. The standard InChI is InChI=1S/C26H26N4O2.2ClH/c1-2-6-22(18-32-24-10-4-8-20(16-24)26-29-13-14-30-26)21(5-1)17-31-23-9-3-7-19(15-23)25-27-11-12-28-25;;/h1-10,15-16H,11-14,17-18H2,(H,27,28)(H,29,30);2*1H. The van der Waals surface area contributed by atoms with Gasteiger partial charge in [0.2, 0.25) is 0 Å². The number of benzene rings is 3. The van der Waals surface area contributed by atoms with Crippen molar-refractivity contribution in [2.24, 2.45) is 9.98 Å². The zero-order valence-corrected chi connectivity index (χ0v) is 20.3. The Kier molecular flexibility index (Phi) is 9.19. The van der Waals surface area contributed by atoms with Crippen LogP contribution in [-0.2, 0) is 13.2 Å². The summed E-state index contributed by atoms with van der Waals surface area (Å²) in [6, 6.07) is 24.3. The second kappa shape index (κ2) is 12.3. The number of aliphatic imine (C=N–C) groups is 2. The van der Waals surface area contributed by atoms with Crippen molar-refractivity contribution in [1.82, 2.24) is 10.6 Å². The Morgan fingerprint density at radius 3 is 1.50 bits per heavy atom. The molecule has 2 aliphatic rings. The van der Waals surface area contributed by atoms with Crippen LogP contribution in [0.15, 0.2) is 82.8 Å². The van der Waals surface area contributed by atoms with Gasteiger partial charge in [-0.2, -0.15) is 0 Å².